The Balaban J connectivity index is 1.61. The van der Waals surface area contributed by atoms with E-state index in [1.165, 1.54) is 5.56 Å². The predicted octanol–water partition coefficient (Wildman–Crippen LogP) is 2.45. The summed E-state index contributed by atoms with van der Waals surface area (Å²) in [6, 6.07) is 12.6. The molecule has 3 aromatic rings. The molecule has 2 aromatic heterocycles. The predicted molar refractivity (Wildman–Crippen MR) is 100 cm³/mol. The average molecular weight is 334 g/mol. The Morgan fingerprint density at radius 1 is 1.16 bits per heavy atom. The Morgan fingerprint density at radius 3 is 2.80 bits per heavy atom. The Hall–Kier alpha value is -2.73. The van der Waals surface area contributed by atoms with Gasteiger partial charge in [0.25, 0.3) is 0 Å². The normalized spacial score (nSPS) is 19.6. The summed E-state index contributed by atoms with van der Waals surface area (Å²) in [5.74, 6) is 1.55. The molecule has 4 rings (SSSR count). The van der Waals surface area contributed by atoms with Crippen LogP contribution in [-0.4, -0.2) is 28.0 Å². The molecule has 1 aromatic carbocycles. The lowest BCUT2D eigenvalue weighted by molar-refractivity contribution is 0.345. The summed E-state index contributed by atoms with van der Waals surface area (Å²) >= 11 is 0. The molecule has 4 N–H and O–H groups in total. The molecule has 6 heteroatoms. The van der Waals surface area contributed by atoms with Crippen molar-refractivity contribution in [3.8, 4) is 0 Å². The van der Waals surface area contributed by atoms with Crippen molar-refractivity contribution in [1.29, 1.82) is 0 Å². The number of benzene rings is 1. The van der Waals surface area contributed by atoms with Crippen LogP contribution in [-0.2, 0) is 6.54 Å². The number of anilines is 2. The number of nitrogen functional groups attached to an aromatic ring is 1. The lowest BCUT2D eigenvalue weighted by Crippen LogP contribution is -2.35. The number of pyridine rings is 1. The van der Waals surface area contributed by atoms with Crippen LogP contribution in [0.15, 0.2) is 42.6 Å². The van der Waals surface area contributed by atoms with Crippen LogP contribution in [0.1, 0.15) is 30.0 Å². The Labute approximate surface area is 146 Å². The smallest absolute Gasteiger partial charge is 0.222 e. The van der Waals surface area contributed by atoms with Crippen LogP contribution in [0, 0.1) is 0 Å². The maximum absolute atomic E-state index is 5.94. The highest BCUT2D eigenvalue weighted by molar-refractivity contribution is 5.82. The molecular formula is C19H22N6. The molecule has 1 aliphatic carbocycles. The standard InChI is InChI=1S/C19H22N6/c1-25(11-12-4-2-6-16-15(12)5-3-7-22-16)18-10-17(23-19(21)24-18)13-8-14(20)9-13/h2-7,10,13-14H,8-9,11,20H2,1H3,(H2,21,23,24). The second kappa shape index (κ2) is 6.29. The van der Waals surface area contributed by atoms with E-state index in [1.807, 2.05) is 37.5 Å². The molecule has 0 radical (unpaired) electrons. The number of hydrogen-bond donors (Lipinski definition) is 2. The van der Waals surface area contributed by atoms with Crippen LogP contribution in [0.4, 0.5) is 11.8 Å². The minimum atomic E-state index is 0.283. The van der Waals surface area contributed by atoms with Crippen molar-refractivity contribution in [3.63, 3.8) is 0 Å². The minimum absolute atomic E-state index is 0.283. The third kappa shape index (κ3) is 3.13. The van der Waals surface area contributed by atoms with Crippen molar-refractivity contribution >= 4 is 22.7 Å². The molecular weight excluding hydrogens is 312 g/mol. The van der Waals surface area contributed by atoms with Crippen molar-refractivity contribution in [1.82, 2.24) is 15.0 Å². The first-order valence-electron chi connectivity index (χ1n) is 8.54. The molecule has 128 valence electrons. The van der Waals surface area contributed by atoms with E-state index in [9.17, 15) is 0 Å². The van der Waals surface area contributed by atoms with Gasteiger partial charge in [-0.3, -0.25) is 4.98 Å². The second-order valence-electron chi connectivity index (χ2n) is 6.78. The zero-order valence-electron chi connectivity index (χ0n) is 14.3. The third-order valence-electron chi connectivity index (χ3n) is 4.88. The van der Waals surface area contributed by atoms with Gasteiger partial charge in [-0.2, -0.15) is 4.98 Å². The number of rotatable bonds is 4. The van der Waals surface area contributed by atoms with Crippen LogP contribution >= 0.6 is 0 Å². The fourth-order valence-corrected chi connectivity index (χ4v) is 3.42. The van der Waals surface area contributed by atoms with Gasteiger partial charge in [0.1, 0.15) is 5.82 Å². The summed E-state index contributed by atoms with van der Waals surface area (Å²) in [6.45, 7) is 0.725. The van der Waals surface area contributed by atoms with Crippen LogP contribution in [0.5, 0.6) is 0 Å². The van der Waals surface area contributed by atoms with Crippen LogP contribution < -0.4 is 16.4 Å². The molecule has 0 unspecified atom stereocenters. The summed E-state index contributed by atoms with van der Waals surface area (Å²) in [6.07, 6.45) is 3.75. The molecule has 0 bridgehead atoms. The summed E-state index contributed by atoms with van der Waals surface area (Å²) in [5, 5.41) is 1.16. The molecule has 25 heavy (non-hydrogen) atoms. The van der Waals surface area contributed by atoms with Gasteiger partial charge in [0.15, 0.2) is 0 Å². The maximum Gasteiger partial charge on any atom is 0.222 e. The van der Waals surface area contributed by atoms with Crippen molar-refractivity contribution in [3.05, 3.63) is 53.9 Å². The van der Waals surface area contributed by atoms with E-state index in [0.717, 1.165) is 41.8 Å². The second-order valence-corrected chi connectivity index (χ2v) is 6.78. The first kappa shape index (κ1) is 15.8. The van der Waals surface area contributed by atoms with E-state index in [4.69, 9.17) is 11.5 Å². The zero-order chi connectivity index (χ0) is 17.4. The molecule has 6 nitrogen and oxygen atoms in total. The molecule has 0 saturated heterocycles. The van der Waals surface area contributed by atoms with Crippen LogP contribution in [0.25, 0.3) is 10.9 Å². The van der Waals surface area contributed by atoms with Gasteiger partial charge in [0.2, 0.25) is 5.95 Å². The fourth-order valence-electron chi connectivity index (χ4n) is 3.42. The molecule has 1 aliphatic rings. The van der Waals surface area contributed by atoms with Gasteiger partial charge in [0.05, 0.1) is 11.2 Å². The van der Waals surface area contributed by atoms with Gasteiger partial charge < -0.3 is 16.4 Å². The van der Waals surface area contributed by atoms with Gasteiger partial charge in [-0.15, -0.1) is 0 Å². The highest BCUT2D eigenvalue weighted by Crippen LogP contribution is 2.36. The Morgan fingerprint density at radius 2 is 2.00 bits per heavy atom. The van der Waals surface area contributed by atoms with Gasteiger partial charge in [0, 0.05) is 43.2 Å². The lowest BCUT2D eigenvalue weighted by Gasteiger charge is -2.32. The zero-order valence-corrected chi connectivity index (χ0v) is 14.3. The van der Waals surface area contributed by atoms with E-state index in [-0.39, 0.29) is 6.04 Å². The van der Waals surface area contributed by atoms with Gasteiger partial charge in [-0.1, -0.05) is 18.2 Å². The quantitative estimate of drug-likeness (QED) is 0.761. The molecule has 0 aliphatic heterocycles. The number of hydrogen-bond acceptors (Lipinski definition) is 6. The maximum atomic E-state index is 5.94. The molecule has 1 saturated carbocycles. The third-order valence-corrected chi connectivity index (χ3v) is 4.88. The Bertz CT molecular complexity index is 898. The monoisotopic (exact) mass is 334 g/mol. The number of nitrogens with two attached hydrogens (primary N) is 2. The first-order chi connectivity index (χ1) is 12.1. The number of nitrogens with zero attached hydrogens (tertiary/aromatic N) is 4. The first-order valence-corrected chi connectivity index (χ1v) is 8.54. The largest absolute Gasteiger partial charge is 0.368 e. The van der Waals surface area contributed by atoms with Crippen molar-refractivity contribution in [2.75, 3.05) is 17.7 Å². The number of fused-ring (bicyclic) bond motifs is 1. The van der Waals surface area contributed by atoms with E-state index in [1.54, 1.807) is 0 Å². The topological polar surface area (TPSA) is 94.0 Å². The van der Waals surface area contributed by atoms with Gasteiger partial charge in [-0.05, 0) is 30.5 Å². The highest BCUT2D eigenvalue weighted by Gasteiger charge is 2.29. The SMILES string of the molecule is CN(Cc1cccc2ncccc12)c1cc(C2CC(N)C2)nc(N)n1. The van der Waals surface area contributed by atoms with Crippen molar-refractivity contribution in [2.45, 2.75) is 31.3 Å². The Kier molecular flexibility index (Phi) is 3.97. The molecule has 0 amide bonds. The summed E-state index contributed by atoms with van der Waals surface area (Å²) in [4.78, 5) is 15.3. The van der Waals surface area contributed by atoms with Gasteiger partial charge in [-0.25, -0.2) is 4.98 Å². The van der Waals surface area contributed by atoms with E-state index in [2.05, 4.69) is 32.0 Å². The van der Waals surface area contributed by atoms with E-state index in [0.29, 0.717) is 11.9 Å². The van der Waals surface area contributed by atoms with Gasteiger partial charge >= 0.3 is 0 Å². The lowest BCUT2D eigenvalue weighted by atomic mass is 9.78. The van der Waals surface area contributed by atoms with E-state index >= 15 is 0 Å². The van der Waals surface area contributed by atoms with Crippen molar-refractivity contribution < 1.29 is 0 Å². The molecule has 2 heterocycles. The summed E-state index contributed by atoms with van der Waals surface area (Å²) in [5.41, 5.74) is 15.1. The van der Waals surface area contributed by atoms with Crippen LogP contribution in [0.3, 0.4) is 0 Å². The molecule has 0 spiro atoms. The average Bonchev–Trinajstić information content (AvgIpc) is 2.59. The highest BCUT2D eigenvalue weighted by atomic mass is 15.2. The van der Waals surface area contributed by atoms with E-state index < -0.39 is 0 Å². The minimum Gasteiger partial charge on any atom is -0.368 e. The van der Waals surface area contributed by atoms with Crippen LogP contribution in [0.2, 0.25) is 0 Å². The summed E-state index contributed by atoms with van der Waals surface area (Å²) in [7, 11) is 2.02. The molecule has 1 fully saturated rings. The number of aromatic nitrogens is 3. The van der Waals surface area contributed by atoms with Crippen molar-refractivity contribution in [2.24, 2.45) is 5.73 Å². The molecule has 0 atom stereocenters. The fraction of sp³-hybridized carbons (Fsp3) is 0.316. The summed E-state index contributed by atoms with van der Waals surface area (Å²) < 4.78 is 0.